The van der Waals surface area contributed by atoms with Crippen molar-refractivity contribution < 1.29 is 10.2 Å². The Balaban J connectivity index is 1.32. The average molecular weight is 428 g/mol. The van der Waals surface area contributed by atoms with Gasteiger partial charge < -0.3 is 15.1 Å². The van der Waals surface area contributed by atoms with E-state index in [0.29, 0.717) is 5.41 Å². The van der Waals surface area contributed by atoms with Crippen LogP contribution in [0.1, 0.15) is 52.0 Å². The Hall–Kier alpha value is -1.63. The minimum absolute atomic E-state index is 0.0682. The number of piperidine rings is 1. The first kappa shape index (κ1) is 21.2. The largest absolute Gasteiger partial charge is 0.394 e. The van der Waals surface area contributed by atoms with Gasteiger partial charge in [-0.15, -0.1) is 0 Å². The molecule has 2 aliphatic carbocycles. The molecule has 0 radical (unpaired) electrons. The fraction of sp³-hybridized carbons (Fsp3) is 0.720. The van der Waals surface area contributed by atoms with E-state index < -0.39 is 6.10 Å². The number of aliphatic hydroxyl groups excluding tert-OH is 2. The number of hydrogen-bond acceptors (Lipinski definition) is 4. The van der Waals surface area contributed by atoms with Gasteiger partial charge in [0.15, 0.2) is 0 Å². The van der Waals surface area contributed by atoms with Crippen LogP contribution >= 0.6 is 0 Å². The van der Waals surface area contributed by atoms with Crippen LogP contribution in [0.2, 0.25) is 0 Å². The SMILES string of the molecule is CC1(C)[C@@H]2CC[C@@H](C2)[C@H]1CN1CCC(n2c(=O)n(C[C@H](O)CO)c3ccccc32)CC1. The lowest BCUT2D eigenvalue weighted by atomic mass is 9.68. The molecule has 1 aliphatic heterocycles. The van der Waals surface area contributed by atoms with Crippen molar-refractivity contribution in [3.63, 3.8) is 0 Å². The van der Waals surface area contributed by atoms with Crippen LogP contribution in [0.25, 0.3) is 11.0 Å². The van der Waals surface area contributed by atoms with Gasteiger partial charge in [-0.05, 0) is 67.4 Å². The predicted octanol–water partition coefficient (Wildman–Crippen LogP) is 2.87. The fourth-order valence-corrected chi connectivity index (χ4v) is 7.02. The molecule has 31 heavy (non-hydrogen) atoms. The summed E-state index contributed by atoms with van der Waals surface area (Å²) in [7, 11) is 0. The summed E-state index contributed by atoms with van der Waals surface area (Å²) in [6, 6.07) is 8.02. The maximum absolute atomic E-state index is 13.3. The molecule has 2 bridgehead atoms. The van der Waals surface area contributed by atoms with Gasteiger partial charge in [-0.2, -0.15) is 0 Å². The van der Waals surface area contributed by atoms with Gasteiger partial charge in [-0.3, -0.25) is 9.13 Å². The highest BCUT2D eigenvalue weighted by molar-refractivity contribution is 5.76. The third-order valence-corrected chi connectivity index (χ3v) is 8.90. The number of para-hydroxylation sites is 2. The molecule has 0 spiro atoms. The third-order valence-electron chi connectivity index (χ3n) is 8.90. The zero-order valence-corrected chi connectivity index (χ0v) is 18.9. The molecule has 5 rings (SSSR count). The maximum atomic E-state index is 13.3. The van der Waals surface area contributed by atoms with E-state index >= 15 is 0 Å². The maximum Gasteiger partial charge on any atom is 0.329 e. The number of likely N-dealkylation sites (tertiary alicyclic amines) is 1. The van der Waals surface area contributed by atoms with Crippen LogP contribution in [-0.2, 0) is 6.54 Å². The average Bonchev–Trinajstić information content (AvgIpc) is 3.42. The van der Waals surface area contributed by atoms with Gasteiger partial charge in [0, 0.05) is 25.7 Å². The monoisotopic (exact) mass is 427 g/mol. The second kappa shape index (κ2) is 8.05. The van der Waals surface area contributed by atoms with Crippen molar-refractivity contribution >= 4 is 11.0 Å². The Morgan fingerprint density at radius 3 is 2.45 bits per heavy atom. The summed E-state index contributed by atoms with van der Waals surface area (Å²) in [5, 5.41) is 19.2. The molecule has 2 heterocycles. The molecule has 2 N–H and O–H groups in total. The molecule has 3 fully saturated rings. The lowest BCUT2D eigenvalue weighted by Gasteiger charge is -2.42. The van der Waals surface area contributed by atoms with E-state index in [-0.39, 0.29) is 24.9 Å². The number of benzene rings is 1. The second-order valence-corrected chi connectivity index (χ2v) is 10.8. The number of aromatic nitrogens is 2. The van der Waals surface area contributed by atoms with Crippen molar-refractivity contribution in [2.24, 2.45) is 23.2 Å². The minimum atomic E-state index is -0.927. The molecular weight excluding hydrogens is 390 g/mol. The van der Waals surface area contributed by atoms with Crippen molar-refractivity contribution in [1.82, 2.24) is 14.0 Å². The molecule has 2 saturated carbocycles. The number of hydrogen-bond donors (Lipinski definition) is 2. The van der Waals surface area contributed by atoms with Crippen LogP contribution in [0.3, 0.4) is 0 Å². The molecule has 170 valence electrons. The smallest absolute Gasteiger partial charge is 0.329 e. The van der Waals surface area contributed by atoms with E-state index in [9.17, 15) is 15.0 Å². The van der Waals surface area contributed by atoms with Gasteiger partial charge in [-0.25, -0.2) is 4.79 Å². The quantitative estimate of drug-likeness (QED) is 0.744. The van der Waals surface area contributed by atoms with Gasteiger partial charge in [0.1, 0.15) is 0 Å². The molecule has 3 aliphatic rings. The highest BCUT2D eigenvalue weighted by atomic mass is 16.3. The first-order chi connectivity index (χ1) is 14.9. The summed E-state index contributed by atoms with van der Waals surface area (Å²) >= 11 is 0. The molecule has 0 amide bonds. The highest BCUT2D eigenvalue weighted by Gasteiger charge is 2.52. The van der Waals surface area contributed by atoms with Crippen LogP contribution in [0, 0.1) is 23.2 Å². The Morgan fingerprint density at radius 1 is 1.10 bits per heavy atom. The third kappa shape index (κ3) is 3.57. The number of rotatable bonds is 6. The van der Waals surface area contributed by atoms with E-state index in [1.54, 1.807) is 4.57 Å². The zero-order valence-electron chi connectivity index (χ0n) is 18.9. The molecule has 2 aromatic rings. The number of imidazole rings is 1. The predicted molar refractivity (Wildman–Crippen MR) is 122 cm³/mol. The van der Waals surface area contributed by atoms with E-state index in [0.717, 1.165) is 54.7 Å². The molecule has 1 saturated heterocycles. The van der Waals surface area contributed by atoms with Crippen molar-refractivity contribution in [2.75, 3.05) is 26.2 Å². The molecule has 6 nitrogen and oxygen atoms in total. The Labute approximate surface area is 184 Å². The Bertz CT molecular complexity index is 986. The summed E-state index contributed by atoms with van der Waals surface area (Å²) in [5.74, 6) is 2.64. The summed E-state index contributed by atoms with van der Waals surface area (Å²) in [4.78, 5) is 15.9. The van der Waals surface area contributed by atoms with Crippen molar-refractivity contribution in [1.29, 1.82) is 0 Å². The zero-order chi connectivity index (χ0) is 21.8. The van der Waals surface area contributed by atoms with Gasteiger partial charge in [0.2, 0.25) is 0 Å². The van der Waals surface area contributed by atoms with Crippen LogP contribution in [0.4, 0.5) is 0 Å². The summed E-state index contributed by atoms with van der Waals surface area (Å²) < 4.78 is 3.57. The van der Waals surface area contributed by atoms with E-state index in [2.05, 4.69) is 18.7 Å². The summed E-state index contributed by atoms with van der Waals surface area (Å²) in [6.07, 6.45) is 5.32. The minimum Gasteiger partial charge on any atom is -0.394 e. The summed E-state index contributed by atoms with van der Waals surface area (Å²) in [6.45, 7) is 8.05. The van der Waals surface area contributed by atoms with Crippen molar-refractivity contribution in [2.45, 2.75) is 64.6 Å². The molecule has 1 aromatic carbocycles. The van der Waals surface area contributed by atoms with Crippen molar-refractivity contribution in [3.8, 4) is 0 Å². The van der Waals surface area contributed by atoms with Crippen LogP contribution in [0.15, 0.2) is 29.1 Å². The van der Waals surface area contributed by atoms with E-state index in [1.165, 1.54) is 25.8 Å². The van der Waals surface area contributed by atoms with Crippen LogP contribution in [-0.4, -0.2) is 56.6 Å². The number of nitrogens with zero attached hydrogens (tertiary/aromatic N) is 3. The molecule has 6 heteroatoms. The molecule has 0 unspecified atom stereocenters. The number of aliphatic hydroxyl groups is 2. The number of fused-ring (bicyclic) bond motifs is 3. The topological polar surface area (TPSA) is 70.6 Å². The normalized spacial score (nSPS) is 29.7. The highest BCUT2D eigenvalue weighted by Crippen LogP contribution is 2.59. The van der Waals surface area contributed by atoms with Crippen LogP contribution in [0.5, 0.6) is 0 Å². The Kier molecular flexibility index (Phi) is 5.51. The lowest BCUT2D eigenvalue weighted by Crippen LogP contribution is -2.44. The van der Waals surface area contributed by atoms with Crippen LogP contribution < -0.4 is 5.69 Å². The molecular formula is C25H37N3O3. The standard InChI is InChI=1S/C25H37N3O3/c1-25(2)18-8-7-17(13-18)21(25)15-26-11-9-19(10-12-26)28-23-6-4-3-5-22(23)27(24(28)31)14-20(30)16-29/h3-6,17-21,29-30H,7-16H2,1-2H3/t17-,18+,20-,21+/m0/s1. The van der Waals surface area contributed by atoms with Gasteiger partial charge in [-0.1, -0.05) is 26.0 Å². The van der Waals surface area contributed by atoms with E-state index in [1.807, 2.05) is 28.8 Å². The van der Waals surface area contributed by atoms with Crippen molar-refractivity contribution in [3.05, 3.63) is 34.7 Å². The second-order valence-electron chi connectivity index (χ2n) is 10.8. The molecule has 4 atom stereocenters. The molecule has 1 aromatic heterocycles. The van der Waals surface area contributed by atoms with E-state index in [4.69, 9.17) is 0 Å². The summed E-state index contributed by atoms with van der Waals surface area (Å²) in [5.41, 5.74) is 2.18. The first-order valence-corrected chi connectivity index (χ1v) is 12.1. The first-order valence-electron chi connectivity index (χ1n) is 12.1. The Morgan fingerprint density at radius 2 is 1.81 bits per heavy atom. The van der Waals surface area contributed by atoms with Gasteiger partial charge >= 0.3 is 5.69 Å². The fourth-order valence-electron chi connectivity index (χ4n) is 7.02. The van der Waals surface area contributed by atoms with Gasteiger partial charge in [0.25, 0.3) is 0 Å². The van der Waals surface area contributed by atoms with Gasteiger partial charge in [0.05, 0.1) is 30.3 Å². The lowest BCUT2D eigenvalue weighted by molar-refractivity contribution is 0.0643.